The molecule has 0 radical (unpaired) electrons. The second-order valence-electron chi connectivity index (χ2n) is 19.9. The highest BCUT2D eigenvalue weighted by Gasteiger charge is 2.19. The maximum atomic E-state index is 12.8. The summed E-state index contributed by atoms with van der Waals surface area (Å²) in [6.07, 6.45) is 82.5. The standard InChI is InChI=1S/C67H112O6/c1-4-7-10-13-16-19-22-24-26-28-30-31-32-33-34-35-37-38-40-42-45-48-51-54-57-60-66(69)72-63-64(62-71-65(68)59-56-53-50-47-44-21-18-15-12-9-6-3)73-67(70)61-58-55-52-49-46-43-41-39-36-29-27-25-23-20-17-14-11-8-5-2/h8,11,15,17-18,20,22,24-25,27-28,30,36,39,43,46,52,55,64H,4-7,9-10,12-14,16,19,21,23,26,29,31-35,37-38,40-42,44-45,47-51,53-54,56-63H2,1-3H3/b11-8-,18-15-,20-17-,24-22-,27-25-,30-28-,39-36-,46-43-,55-52-. The lowest BCUT2D eigenvalue weighted by Gasteiger charge is -2.18. The van der Waals surface area contributed by atoms with Crippen molar-refractivity contribution in [3.8, 4) is 0 Å². The molecule has 0 heterocycles. The average molecular weight is 1010 g/mol. The van der Waals surface area contributed by atoms with Crippen LogP contribution in [0.4, 0.5) is 0 Å². The van der Waals surface area contributed by atoms with Gasteiger partial charge in [0.1, 0.15) is 13.2 Å². The molecule has 0 aromatic rings. The fourth-order valence-corrected chi connectivity index (χ4v) is 8.19. The number of carbonyl (C=O) groups excluding carboxylic acids is 3. The summed E-state index contributed by atoms with van der Waals surface area (Å²) in [5.74, 6) is -1.01. The molecule has 1 unspecified atom stereocenters. The first kappa shape index (κ1) is 69.1. The molecule has 6 nitrogen and oxygen atoms in total. The monoisotopic (exact) mass is 1010 g/mol. The Labute approximate surface area is 450 Å². The van der Waals surface area contributed by atoms with E-state index in [9.17, 15) is 14.4 Å². The minimum absolute atomic E-state index is 0.112. The molecule has 1 atom stereocenters. The topological polar surface area (TPSA) is 78.9 Å². The molecule has 0 aliphatic carbocycles. The van der Waals surface area contributed by atoms with Crippen LogP contribution in [0.15, 0.2) is 109 Å². The van der Waals surface area contributed by atoms with Gasteiger partial charge >= 0.3 is 17.9 Å². The Bertz CT molecular complexity index is 1490. The van der Waals surface area contributed by atoms with Gasteiger partial charge in [0, 0.05) is 19.3 Å². The maximum absolute atomic E-state index is 12.8. The van der Waals surface area contributed by atoms with E-state index in [1.165, 1.54) is 135 Å². The molecular weight excluding hydrogens is 901 g/mol. The van der Waals surface area contributed by atoms with Crippen LogP contribution >= 0.6 is 0 Å². The lowest BCUT2D eigenvalue weighted by molar-refractivity contribution is -0.166. The van der Waals surface area contributed by atoms with E-state index in [1.54, 1.807) is 0 Å². The Balaban J connectivity index is 4.37. The van der Waals surface area contributed by atoms with Crippen molar-refractivity contribution in [1.82, 2.24) is 0 Å². The highest BCUT2D eigenvalue weighted by molar-refractivity contribution is 5.71. The molecule has 0 saturated carbocycles. The van der Waals surface area contributed by atoms with Gasteiger partial charge in [-0.1, -0.05) is 259 Å². The lowest BCUT2D eigenvalue weighted by atomic mass is 10.0. The van der Waals surface area contributed by atoms with Gasteiger partial charge in [0.05, 0.1) is 0 Å². The summed E-state index contributed by atoms with van der Waals surface area (Å²) in [6, 6.07) is 0. The Morgan fingerprint density at radius 2 is 0.575 bits per heavy atom. The van der Waals surface area contributed by atoms with Gasteiger partial charge in [-0.15, -0.1) is 0 Å². The van der Waals surface area contributed by atoms with Gasteiger partial charge in [0.15, 0.2) is 6.10 Å². The molecule has 0 fully saturated rings. The SMILES string of the molecule is CC/C=C\C/C=C\C/C=C\C/C=C\C/C=C\C/C=C\CCC(=O)OC(COC(=O)CCCCCCC/C=C\CCCC)COC(=O)CCCCCCCCCCCCCCC/C=C\C/C=C\CCCCCCC. The van der Waals surface area contributed by atoms with Crippen LogP contribution in [0.25, 0.3) is 0 Å². The van der Waals surface area contributed by atoms with Crippen LogP contribution in [0.5, 0.6) is 0 Å². The van der Waals surface area contributed by atoms with Crippen molar-refractivity contribution < 1.29 is 28.6 Å². The Kier molecular flexibility index (Phi) is 57.4. The van der Waals surface area contributed by atoms with Gasteiger partial charge in [-0.25, -0.2) is 0 Å². The van der Waals surface area contributed by atoms with E-state index in [-0.39, 0.29) is 31.6 Å². The van der Waals surface area contributed by atoms with Gasteiger partial charge < -0.3 is 14.2 Å². The molecule has 0 aliphatic rings. The fraction of sp³-hybridized carbons (Fsp3) is 0.687. The molecule has 0 N–H and O–H groups in total. The quantitative estimate of drug-likeness (QED) is 0.0261. The number of hydrogen-bond acceptors (Lipinski definition) is 6. The van der Waals surface area contributed by atoms with Crippen LogP contribution in [-0.2, 0) is 28.6 Å². The van der Waals surface area contributed by atoms with Crippen molar-refractivity contribution >= 4 is 17.9 Å². The molecule has 73 heavy (non-hydrogen) atoms. The first-order chi connectivity index (χ1) is 36.0. The summed E-state index contributed by atoms with van der Waals surface area (Å²) in [6.45, 7) is 6.42. The number of esters is 3. The molecular formula is C67H112O6. The summed E-state index contributed by atoms with van der Waals surface area (Å²) >= 11 is 0. The molecule has 0 aliphatic heterocycles. The summed E-state index contributed by atoms with van der Waals surface area (Å²) < 4.78 is 16.8. The predicted molar refractivity (Wildman–Crippen MR) is 316 cm³/mol. The first-order valence-electron chi connectivity index (χ1n) is 30.4. The van der Waals surface area contributed by atoms with Crippen LogP contribution in [-0.4, -0.2) is 37.2 Å². The van der Waals surface area contributed by atoms with Crippen molar-refractivity contribution in [2.75, 3.05) is 13.2 Å². The Morgan fingerprint density at radius 1 is 0.288 bits per heavy atom. The minimum atomic E-state index is -0.824. The zero-order valence-corrected chi connectivity index (χ0v) is 47.6. The third-order valence-electron chi connectivity index (χ3n) is 12.7. The van der Waals surface area contributed by atoms with E-state index < -0.39 is 12.1 Å². The van der Waals surface area contributed by atoms with Crippen LogP contribution < -0.4 is 0 Å². The molecule has 416 valence electrons. The Morgan fingerprint density at radius 3 is 0.945 bits per heavy atom. The van der Waals surface area contributed by atoms with Gasteiger partial charge in [0.2, 0.25) is 0 Å². The van der Waals surface area contributed by atoms with E-state index in [0.717, 1.165) is 96.3 Å². The molecule has 0 aromatic carbocycles. The molecule has 0 spiro atoms. The molecule has 0 amide bonds. The molecule has 0 bridgehead atoms. The van der Waals surface area contributed by atoms with E-state index >= 15 is 0 Å². The lowest BCUT2D eigenvalue weighted by Crippen LogP contribution is -2.30. The van der Waals surface area contributed by atoms with E-state index in [4.69, 9.17) is 14.2 Å². The van der Waals surface area contributed by atoms with Crippen LogP contribution in [0, 0.1) is 0 Å². The second kappa shape index (κ2) is 60.6. The van der Waals surface area contributed by atoms with Crippen molar-refractivity contribution in [3.05, 3.63) is 109 Å². The number of ether oxygens (including phenoxy) is 3. The fourth-order valence-electron chi connectivity index (χ4n) is 8.19. The average Bonchev–Trinajstić information content (AvgIpc) is 3.39. The normalized spacial score (nSPS) is 12.9. The Hall–Kier alpha value is -3.93. The van der Waals surface area contributed by atoms with Crippen molar-refractivity contribution in [3.63, 3.8) is 0 Å². The third kappa shape index (κ3) is 58.8. The van der Waals surface area contributed by atoms with Crippen LogP contribution in [0.2, 0.25) is 0 Å². The smallest absolute Gasteiger partial charge is 0.306 e. The second-order valence-corrected chi connectivity index (χ2v) is 19.9. The minimum Gasteiger partial charge on any atom is -0.462 e. The number of hydrogen-bond donors (Lipinski definition) is 0. The molecule has 6 heteroatoms. The van der Waals surface area contributed by atoms with Crippen LogP contribution in [0.3, 0.4) is 0 Å². The molecule has 0 saturated heterocycles. The van der Waals surface area contributed by atoms with Crippen molar-refractivity contribution in [2.45, 2.75) is 284 Å². The predicted octanol–water partition coefficient (Wildman–Crippen LogP) is 20.7. The summed E-state index contributed by atoms with van der Waals surface area (Å²) in [4.78, 5) is 38.1. The van der Waals surface area contributed by atoms with Crippen LogP contribution in [0.1, 0.15) is 278 Å². The largest absolute Gasteiger partial charge is 0.462 e. The third-order valence-corrected chi connectivity index (χ3v) is 12.7. The van der Waals surface area contributed by atoms with Crippen molar-refractivity contribution in [1.29, 1.82) is 0 Å². The zero-order chi connectivity index (χ0) is 52.9. The van der Waals surface area contributed by atoms with E-state index in [0.29, 0.717) is 19.3 Å². The number of allylic oxidation sites excluding steroid dienone is 18. The van der Waals surface area contributed by atoms with Gasteiger partial charge in [-0.2, -0.15) is 0 Å². The number of rotatable bonds is 54. The number of unbranched alkanes of at least 4 members (excludes halogenated alkanes) is 25. The summed E-state index contributed by atoms with van der Waals surface area (Å²) in [5, 5.41) is 0. The van der Waals surface area contributed by atoms with Crippen molar-refractivity contribution in [2.24, 2.45) is 0 Å². The maximum Gasteiger partial charge on any atom is 0.306 e. The van der Waals surface area contributed by atoms with E-state index in [2.05, 4.69) is 124 Å². The van der Waals surface area contributed by atoms with Gasteiger partial charge in [-0.05, 0) is 109 Å². The zero-order valence-electron chi connectivity index (χ0n) is 47.6. The summed E-state index contributed by atoms with van der Waals surface area (Å²) in [7, 11) is 0. The summed E-state index contributed by atoms with van der Waals surface area (Å²) in [5.41, 5.74) is 0. The van der Waals surface area contributed by atoms with E-state index in [1.807, 2.05) is 6.08 Å². The number of carbonyl (C=O) groups is 3. The molecule has 0 aromatic heterocycles. The highest BCUT2D eigenvalue weighted by atomic mass is 16.6. The van der Waals surface area contributed by atoms with Gasteiger partial charge in [0.25, 0.3) is 0 Å². The molecule has 0 rings (SSSR count). The van der Waals surface area contributed by atoms with Gasteiger partial charge in [-0.3, -0.25) is 14.4 Å². The highest BCUT2D eigenvalue weighted by Crippen LogP contribution is 2.15. The first-order valence-corrected chi connectivity index (χ1v) is 30.4.